The number of carbonyl (C=O) groups excluding carboxylic acids is 1. The number of amides is 1. The van der Waals surface area contributed by atoms with Crippen LogP contribution >= 0.6 is 0 Å². The summed E-state index contributed by atoms with van der Waals surface area (Å²) in [5.74, 6) is 0.153. The summed E-state index contributed by atoms with van der Waals surface area (Å²) in [6.07, 6.45) is 12.8. The van der Waals surface area contributed by atoms with Gasteiger partial charge in [-0.3, -0.25) is 4.79 Å². The molecular weight excluding hydrogens is 262 g/mol. The highest BCUT2D eigenvalue weighted by Gasteiger charge is 2.24. The summed E-state index contributed by atoms with van der Waals surface area (Å²) in [6, 6.07) is 0.917. The number of fused-ring (bicyclic) bond motifs is 1. The van der Waals surface area contributed by atoms with E-state index in [0.29, 0.717) is 18.6 Å². The molecule has 1 heterocycles. The Bertz CT molecular complexity index is 490. The summed E-state index contributed by atoms with van der Waals surface area (Å²) in [4.78, 5) is 11.9. The molecule has 4 heteroatoms. The second-order valence-corrected chi connectivity index (χ2v) is 6.51. The third-order valence-corrected chi connectivity index (χ3v) is 4.47. The topological polar surface area (TPSA) is 46.1 Å². The molecule has 1 atom stereocenters. The molecular formula is C17H27N3O. The number of nitrogens with zero attached hydrogens (tertiary/aromatic N) is 1. The third-order valence-electron chi connectivity index (χ3n) is 4.47. The standard InChI is InChI=1S/C17H27N3O/c1-2-9-18-16-6-4-3-5-13-10-20(11-15(13)16)12-17(21)19-14-7-8-14/h10-11,14,16,18H,2-9,12H2,1H3,(H,19,21). The molecule has 0 radical (unpaired) electrons. The van der Waals surface area contributed by atoms with Gasteiger partial charge in [-0.2, -0.15) is 0 Å². The Morgan fingerprint density at radius 1 is 1.29 bits per heavy atom. The summed E-state index contributed by atoms with van der Waals surface area (Å²) < 4.78 is 2.08. The molecule has 0 spiro atoms. The zero-order valence-corrected chi connectivity index (χ0v) is 13.0. The Morgan fingerprint density at radius 3 is 2.90 bits per heavy atom. The molecule has 2 aliphatic carbocycles. The average Bonchev–Trinajstić information content (AvgIpc) is 3.21. The maximum Gasteiger partial charge on any atom is 0.240 e. The third kappa shape index (κ3) is 3.88. The molecule has 1 fully saturated rings. The predicted octanol–water partition coefficient (Wildman–Crippen LogP) is 2.53. The van der Waals surface area contributed by atoms with Gasteiger partial charge in [-0.05, 0) is 56.2 Å². The number of hydrogen-bond acceptors (Lipinski definition) is 2. The summed E-state index contributed by atoms with van der Waals surface area (Å²) in [7, 11) is 0. The Labute approximate surface area is 127 Å². The van der Waals surface area contributed by atoms with E-state index in [1.54, 1.807) is 0 Å². The van der Waals surface area contributed by atoms with Crippen LogP contribution in [0.4, 0.5) is 0 Å². The van der Waals surface area contributed by atoms with Crippen LogP contribution in [0, 0.1) is 0 Å². The van der Waals surface area contributed by atoms with Crippen LogP contribution in [-0.2, 0) is 17.8 Å². The fourth-order valence-corrected chi connectivity index (χ4v) is 3.20. The molecule has 2 aliphatic rings. The van der Waals surface area contributed by atoms with Gasteiger partial charge in [0, 0.05) is 24.5 Å². The van der Waals surface area contributed by atoms with Gasteiger partial charge in [0.05, 0.1) is 0 Å². The second kappa shape index (κ2) is 6.65. The molecule has 116 valence electrons. The molecule has 2 N–H and O–H groups in total. The van der Waals surface area contributed by atoms with Crippen LogP contribution in [0.5, 0.6) is 0 Å². The van der Waals surface area contributed by atoms with Crippen molar-refractivity contribution in [2.75, 3.05) is 6.54 Å². The summed E-state index contributed by atoms with van der Waals surface area (Å²) in [6.45, 7) is 3.74. The van der Waals surface area contributed by atoms with Crippen LogP contribution in [0.2, 0.25) is 0 Å². The molecule has 1 saturated carbocycles. The van der Waals surface area contributed by atoms with Crippen molar-refractivity contribution in [2.45, 2.75) is 70.5 Å². The molecule has 4 nitrogen and oxygen atoms in total. The predicted molar refractivity (Wildman–Crippen MR) is 84.2 cm³/mol. The van der Waals surface area contributed by atoms with E-state index >= 15 is 0 Å². The second-order valence-electron chi connectivity index (χ2n) is 6.51. The van der Waals surface area contributed by atoms with Crippen molar-refractivity contribution in [3.8, 4) is 0 Å². The first-order valence-electron chi connectivity index (χ1n) is 8.47. The van der Waals surface area contributed by atoms with E-state index in [4.69, 9.17) is 0 Å². The van der Waals surface area contributed by atoms with Crippen LogP contribution in [0.15, 0.2) is 12.4 Å². The number of hydrogen-bond donors (Lipinski definition) is 2. The van der Waals surface area contributed by atoms with Crippen molar-refractivity contribution >= 4 is 5.91 Å². The zero-order chi connectivity index (χ0) is 14.7. The van der Waals surface area contributed by atoms with E-state index in [9.17, 15) is 4.79 Å². The van der Waals surface area contributed by atoms with E-state index in [2.05, 4.69) is 34.5 Å². The average molecular weight is 289 g/mol. The molecule has 21 heavy (non-hydrogen) atoms. The Balaban J connectivity index is 1.67. The lowest BCUT2D eigenvalue weighted by atomic mass is 10.0. The van der Waals surface area contributed by atoms with Gasteiger partial charge in [0.25, 0.3) is 0 Å². The summed E-state index contributed by atoms with van der Waals surface area (Å²) in [5.41, 5.74) is 2.85. The number of aryl methyl sites for hydroxylation is 1. The van der Waals surface area contributed by atoms with Gasteiger partial charge in [-0.15, -0.1) is 0 Å². The maximum absolute atomic E-state index is 11.9. The largest absolute Gasteiger partial charge is 0.352 e. The van der Waals surface area contributed by atoms with Crippen LogP contribution < -0.4 is 10.6 Å². The SMILES string of the molecule is CCCNC1CCCCc2cn(CC(=O)NC3CC3)cc21. The van der Waals surface area contributed by atoms with Crippen molar-refractivity contribution in [1.29, 1.82) is 0 Å². The van der Waals surface area contributed by atoms with Gasteiger partial charge >= 0.3 is 0 Å². The molecule has 1 amide bonds. The smallest absolute Gasteiger partial charge is 0.240 e. The van der Waals surface area contributed by atoms with E-state index in [0.717, 1.165) is 32.2 Å². The fraction of sp³-hybridized carbons (Fsp3) is 0.706. The van der Waals surface area contributed by atoms with Crippen molar-refractivity contribution < 1.29 is 4.79 Å². The van der Waals surface area contributed by atoms with Crippen molar-refractivity contribution in [2.24, 2.45) is 0 Å². The van der Waals surface area contributed by atoms with E-state index in [-0.39, 0.29) is 5.91 Å². The minimum absolute atomic E-state index is 0.153. The molecule has 1 aromatic heterocycles. The van der Waals surface area contributed by atoms with Gasteiger partial charge in [-0.1, -0.05) is 13.3 Å². The number of carbonyl (C=O) groups is 1. The van der Waals surface area contributed by atoms with Crippen molar-refractivity contribution in [3.05, 3.63) is 23.5 Å². The van der Waals surface area contributed by atoms with Crippen LogP contribution in [0.3, 0.4) is 0 Å². The quantitative estimate of drug-likeness (QED) is 0.791. The van der Waals surface area contributed by atoms with E-state index in [1.165, 1.54) is 30.4 Å². The number of rotatable bonds is 6. The molecule has 1 unspecified atom stereocenters. The van der Waals surface area contributed by atoms with Gasteiger partial charge in [-0.25, -0.2) is 0 Å². The summed E-state index contributed by atoms with van der Waals surface area (Å²) in [5, 5.41) is 6.73. The fourth-order valence-electron chi connectivity index (χ4n) is 3.20. The lowest BCUT2D eigenvalue weighted by molar-refractivity contribution is -0.121. The molecule has 0 bridgehead atoms. The highest BCUT2D eigenvalue weighted by Crippen LogP contribution is 2.29. The van der Waals surface area contributed by atoms with Crippen LogP contribution in [0.1, 0.15) is 62.6 Å². The van der Waals surface area contributed by atoms with Gasteiger partial charge in [0.15, 0.2) is 0 Å². The first kappa shape index (κ1) is 14.6. The van der Waals surface area contributed by atoms with Gasteiger partial charge < -0.3 is 15.2 Å². The lowest BCUT2D eigenvalue weighted by Gasteiger charge is -2.16. The Morgan fingerprint density at radius 2 is 2.14 bits per heavy atom. The normalized spacial score (nSPS) is 21.7. The lowest BCUT2D eigenvalue weighted by Crippen LogP contribution is -2.29. The van der Waals surface area contributed by atoms with E-state index in [1.807, 2.05) is 0 Å². The Hall–Kier alpha value is -1.29. The van der Waals surface area contributed by atoms with Crippen molar-refractivity contribution in [1.82, 2.24) is 15.2 Å². The van der Waals surface area contributed by atoms with Gasteiger partial charge in [0.2, 0.25) is 5.91 Å². The van der Waals surface area contributed by atoms with Crippen molar-refractivity contribution in [3.63, 3.8) is 0 Å². The van der Waals surface area contributed by atoms with Gasteiger partial charge in [0.1, 0.15) is 6.54 Å². The zero-order valence-electron chi connectivity index (χ0n) is 13.0. The highest BCUT2D eigenvalue weighted by atomic mass is 16.2. The molecule has 0 aromatic carbocycles. The Kier molecular flexibility index (Phi) is 4.63. The maximum atomic E-state index is 11.9. The summed E-state index contributed by atoms with van der Waals surface area (Å²) >= 11 is 0. The molecule has 0 saturated heterocycles. The molecule has 0 aliphatic heterocycles. The monoisotopic (exact) mass is 289 g/mol. The minimum atomic E-state index is 0.153. The van der Waals surface area contributed by atoms with E-state index < -0.39 is 0 Å². The first-order chi connectivity index (χ1) is 10.3. The highest BCUT2D eigenvalue weighted by molar-refractivity contribution is 5.76. The first-order valence-corrected chi connectivity index (χ1v) is 8.47. The molecule has 1 aromatic rings. The van der Waals surface area contributed by atoms with Crippen LogP contribution in [-0.4, -0.2) is 23.1 Å². The molecule has 3 rings (SSSR count). The number of aromatic nitrogens is 1. The van der Waals surface area contributed by atoms with Crippen LogP contribution in [0.25, 0.3) is 0 Å². The number of nitrogens with one attached hydrogen (secondary N) is 2. The minimum Gasteiger partial charge on any atom is -0.352 e.